The summed E-state index contributed by atoms with van der Waals surface area (Å²) in [5.41, 5.74) is 3.94. The van der Waals surface area contributed by atoms with E-state index in [0.29, 0.717) is 6.54 Å². The number of carbonyl (C=O) groups is 1. The summed E-state index contributed by atoms with van der Waals surface area (Å²) in [5.74, 6) is -0.0174. The van der Waals surface area contributed by atoms with Gasteiger partial charge in [0.25, 0.3) is 0 Å². The van der Waals surface area contributed by atoms with E-state index in [2.05, 4.69) is 32.5 Å². The summed E-state index contributed by atoms with van der Waals surface area (Å²) >= 11 is 1.53. The lowest BCUT2D eigenvalue weighted by atomic mass is 10.1. The monoisotopic (exact) mass is 389 g/mol. The first-order valence-corrected chi connectivity index (χ1v) is 9.86. The summed E-state index contributed by atoms with van der Waals surface area (Å²) in [4.78, 5) is 20.8. The van der Waals surface area contributed by atoms with Crippen LogP contribution in [0.2, 0.25) is 0 Å². The van der Waals surface area contributed by atoms with E-state index >= 15 is 0 Å². The predicted molar refractivity (Wildman–Crippen MR) is 109 cm³/mol. The van der Waals surface area contributed by atoms with Crippen molar-refractivity contribution in [2.75, 3.05) is 6.54 Å². The topological polar surface area (TPSA) is 72.7 Å². The van der Waals surface area contributed by atoms with Gasteiger partial charge in [-0.05, 0) is 42.3 Å². The van der Waals surface area contributed by atoms with Crippen LogP contribution in [0.1, 0.15) is 11.3 Å². The summed E-state index contributed by atoms with van der Waals surface area (Å²) in [5, 5.41) is 9.99. The third-order valence-corrected chi connectivity index (χ3v) is 5.18. The number of thiazole rings is 1. The van der Waals surface area contributed by atoms with E-state index in [1.54, 1.807) is 18.6 Å². The van der Waals surface area contributed by atoms with Crippen molar-refractivity contribution in [3.63, 3.8) is 0 Å². The van der Waals surface area contributed by atoms with Gasteiger partial charge in [-0.3, -0.25) is 9.78 Å². The fourth-order valence-electron chi connectivity index (χ4n) is 2.82. The minimum atomic E-state index is -0.0174. The van der Waals surface area contributed by atoms with Crippen LogP contribution in [-0.2, 0) is 17.6 Å². The summed E-state index contributed by atoms with van der Waals surface area (Å²) < 4.78 is 1.82. The van der Waals surface area contributed by atoms with Crippen LogP contribution >= 0.6 is 11.3 Å². The molecule has 4 rings (SSSR count). The lowest BCUT2D eigenvalue weighted by Gasteiger charge is -2.06. The molecule has 0 aliphatic rings. The third kappa shape index (κ3) is 4.50. The van der Waals surface area contributed by atoms with E-state index in [-0.39, 0.29) is 12.3 Å². The average molecular weight is 389 g/mol. The number of amides is 1. The molecule has 0 saturated heterocycles. The highest BCUT2D eigenvalue weighted by Gasteiger charge is 2.09. The first-order chi connectivity index (χ1) is 13.8. The van der Waals surface area contributed by atoms with E-state index in [1.807, 2.05) is 46.6 Å². The van der Waals surface area contributed by atoms with Gasteiger partial charge < -0.3 is 5.32 Å². The van der Waals surface area contributed by atoms with Crippen LogP contribution in [0.4, 0.5) is 0 Å². The second-order valence-corrected chi connectivity index (χ2v) is 7.14. The van der Waals surface area contributed by atoms with Crippen LogP contribution in [0.15, 0.2) is 72.6 Å². The maximum absolute atomic E-state index is 12.2. The van der Waals surface area contributed by atoms with Crippen molar-refractivity contribution >= 4 is 17.2 Å². The molecule has 1 amide bonds. The standard InChI is InChI=1S/C21H19N5OS/c27-20(13-18-15-28-21(25-18)17-3-1-9-22-14-17)23-11-8-16-4-6-19(7-5-16)26-12-2-10-24-26/h1-7,9-10,12,14-15H,8,11,13H2,(H,23,27). The molecule has 0 atom stereocenters. The number of carbonyl (C=O) groups excluding carboxylic acids is 1. The van der Waals surface area contributed by atoms with Crippen molar-refractivity contribution in [2.24, 2.45) is 0 Å². The van der Waals surface area contributed by atoms with E-state index in [4.69, 9.17) is 0 Å². The molecular formula is C21H19N5OS. The first kappa shape index (κ1) is 18.1. The molecule has 1 N–H and O–H groups in total. The Balaban J connectivity index is 1.25. The number of aromatic nitrogens is 4. The smallest absolute Gasteiger partial charge is 0.226 e. The Morgan fingerprint density at radius 2 is 2.00 bits per heavy atom. The van der Waals surface area contributed by atoms with Gasteiger partial charge in [-0.1, -0.05) is 12.1 Å². The maximum Gasteiger partial charge on any atom is 0.226 e. The largest absolute Gasteiger partial charge is 0.355 e. The SMILES string of the molecule is O=C(Cc1csc(-c2cccnc2)n1)NCCc1ccc(-n2cccn2)cc1. The third-order valence-electron chi connectivity index (χ3n) is 4.24. The van der Waals surface area contributed by atoms with E-state index in [0.717, 1.165) is 28.4 Å². The van der Waals surface area contributed by atoms with Crippen molar-refractivity contribution in [1.82, 2.24) is 25.1 Å². The summed E-state index contributed by atoms with van der Waals surface area (Å²) in [7, 11) is 0. The van der Waals surface area contributed by atoms with Crippen molar-refractivity contribution < 1.29 is 4.79 Å². The molecule has 0 saturated carbocycles. The van der Waals surface area contributed by atoms with Crippen molar-refractivity contribution in [3.05, 3.63) is 83.9 Å². The Labute approximate surface area is 166 Å². The van der Waals surface area contributed by atoms with Gasteiger partial charge in [0.05, 0.1) is 17.8 Å². The number of hydrogen-bond donors (Lipinski definition) is 1. The number of pyridine rings is 1. The maximum atomic E-state index is 12.2. The molecule has 1 aromatic carbocycles. The lowest BCUT2D eigenvalue weighted by molar-refractivity contribution is -0.120. The molecule has 6 nitrogen and oxygen atoms in total. The zero-order valence-electron chi connectivity index (χ0n) is 15.2. The number of nitrogens with one attached hydrogen (secondary N) is 1. The Morgan fingerprint density at radius 1 is 1.11 bits per heavy atom. The second kappa shape index (κ2) is 8.58. The first-order valence-electron chi connectivity index (χ1n) is 8.98. The van der Waals surface area contributed by atoms with Gasteiger partial charge in [-0.2, -0.15) is 5.10 Å². The van der Waals surface area contributed by atoms with Crippen molar-refractivity contribution in [3.8, 4) is 16.3 Å². The van der Waals surface area contributed by atoms with Gasteiger partial charge in [0.15, 0.2) is 0 Å². The second-order valence-electron chi connectivity index (χ2n) is 6.28. The molecule has 28 heavy (non-hydrogen) atoms. The minimum Gasteiger partial charge on any atom is -0.355 e. The molecule has 0 aliphatic heterocycles. The fourth-order valence-corrected chi connectivity index (χ4v) is 3.63. The zero-order chi connectivity index (χ0) is 19.2. The highest BCUT2D eigenvalue weighted by Crippen LogP contribution is 2.22. The molecule has 4 aromatic rings. The van der Waals surface area contributed by atoms with Gasteiger partial charge in [0.1, 0.15) is 5.01 Å². The summed E-state index contributed by atoms with van der Waals surface area (Å²) in [6, 6.07) is 13.9. The van der Waals surface area contributed by atoms with Gasteiger partial charge in [-0.15, -0.1) is 11.3 Å². The Morgan fingerprint density at radius 3 is 2.75 bits per heavy atom. The van der Waals surface area contributed by atoms with Crippen LogP contribution in [-0.4, -0.2) is 32.2 Å². The number of hydrogen-bond acceptors (Lipinski definition) is 5. The molecule has 3 aromatic heterocycles. The van der Waals surface area contributed by atoms with Gasteiger partial charge in [-0.25, -0.2) is 9.67 Å². The highest BCUT2D eigenvalue weighted by atomic mass is 32.1. The Kier molecular flexibility index (Phi) is 5.53. The van der Waals surface area contributed by atoms with E-state index < -0.39 is 0 Å². The Hall–Kier alpha value is -3.32. The van der Waals surface area contributed by atoms with Crippen molar-refractivity contribution in [2.45, 2.75) is 12.8 Å². The highest BCUT2D eigenvalue weighted by molar-refractivity contribution is 7.13. The zero-order valence-corrected chi connectivity index (χ0v) is 16.0. The van der Waals surface area contributed by atoms with Crippen LogP contribution in [0.3, 0.4) is 0 Å². The summed E-state index contributed by atoms with van der Waals surface area (Å²) in [6.07, 6.45) is 8.24. The average Bonchev–Trinajstić information content (AvgIpc) is 3.42. The van der Waals surface area contributed by atoms with Crippen molar-refractivity contribution in [1.29, 1.82) is 0 Å². The molecule has 0 bridgehead atoms. The predicted octanol–water partition coefficient (Wildman–Crippen LogP) is 3.29. The minimum absolute atomic E-state index is 0.0174. The number of benzene rings is 1. The van der Waals surface area contributed by atoms with Crippen LogP contribution < -0.4 is 5.32 Å². The number of nitrogens with zero attached hydrogens (tertiary/aromatic N) is 4. The Bertz CT molecular complexity index is 1030. The summed E-state index contributed by atoms with van der Waals surface area (Å²) in [6.45, 7) is 0.597. The molecule has 0 fully saturated rings. The van der Waals surface area contributed by atoms with Gasteiger partial charge >= 0.3 is 0 Å². The van der Waals surface area contributed by atoms with Crippen LogP contribution in [0.25, 0.3) is 16.3 Å². The molecule has 0 unspecified atom stereocenters. The fraction of sp³-hybridized carbons (Fsp3) is 0.143. The molecule has 140 valence electrons. The quantitative estimate of drug-likeness (QED) is 0.526. The van der Waals surface area contributed by atoms with Gasteiger partial charge in [0.2, 0.25) is 5.91 Å². The molecule has 0 spiro atoms. The van der Waals surface area contributed by atoms with Crippen LogP contribution in [0.5, 0.6) is 0 Å². The van der Waals surface area contributed by atoms with E-state index in [9.17, 15) is 4.79 Å². The normalized spacial score (nSPS) is 10.7. The molecule has 3 heterocycles. The van der Waals surface area contributed by atoms with Crippen LogP contribution in [0, 0.1) is 0 Å². The molecular weight excluding hydrogens is 370 g/mol. The molecule has 0 radical (unpaired) electrons. The van der Waals surface area contributed by atoms with Gasteiger partial charge in [0, 0.05) is 42.3 Å². The van der Waals surface area contributed by atoms with E-state index in [1.165, 1.54) is 16.9 Å². The lowest BCUT2D eigenvalue weighted by Crippen LogP contribution is -2.27. The molecule has 7 heteroatoms. The molecule has 0 aliphatic carbocycles. The number of rotatable bonds is 7.